The van der Waals surface area contributed by atoms with Gasteiger partial charge in [-0.25, -0.2) is 4.98 Å². The van der Waals surface area contributed by atoms with Crippen molar-refractivity contribution in [2.24, 2.45) is 7.05 Å². The number of hydrogen-bond acceptors (Lipinski definition) is 4. The number of aromatic nitrogens is 2. The summed E-state index contributed by atoms with van der Waals surface area (Å²) in [5.74, 6) is 1.21. The standard InChI is InChI=1S/C19H26N4O2/c1-21-16-7-3-2-6-15(16)20-17(21)14-23-11-5-9-19(23)8-4-10-22(12-13-24)18(19)25/h2-3,6-7,24H,4-5,8-14H2,1H3. The van der Waals surface area contributed by atoms with Gasteiger partial charge < -0.3 is 14.6 Å². The molecule has 2 fully saturated rings. The molecule has 1 N–H and O–H groups in total. The third kappa shape index (κ3) is 2.64. The van der Waals surface area contributed by atoms with E-state index < -0.39 is 5.54 Å². The molecule has 0 aliphatic carbocycles. The number of nitrogens with zero attached hydrogens (tertiary/aromatic N) is 4. The lowest BCUT2D eigenvalue weighted by Crippen LogP contribution is -2.60. The molecule has 1 aromatic heterocycles. The second-order valence-corrected chi connectivity index (χ2v) is 7.25. The van der Waals surface area contributed by atoms with Gasteiger partial charge in [0.1, 0.15) is 11.4 Å². The number of carbonyl (C=O) groups excluding carboxylic acids is 1. The van der Waals surface area contributed by atoms with Gasteiger partial charge in [0, 0.05) is 20.1 Å². The van der Waals surface area contributed by atoms with E-state index in [1.165, 1.54) is 0 Å². The number of β-amino-alcohol motifs (C(OH)–C–C–N with tert-alkyl or cyclic N) is 1. The molecule has 0 bridgehead atoms. The summed E-state index contributed by atoms with van der Waals surface area (Å²) in [5.41, 5.74) is 1.73. The van der Waals surface area contributed by atoms with Crippen molar-refractivity contribution in [3.63, 3.8) is 0 Å². The van der Waals surface area contributed by atoms with Crippen LogP contribution in [-0.4, -0.2) is 62.1 Å². The maximum absolute atomic E-state index is 13.1. The summed E-state index contributed by atoms with van der Waals surface area (Å²) in [6, 6.07) is 8.16. The van der Waals surface area contributed by atoms with E-state index in [2.05, 4.69) is 15.5 Å². The van der Waals surface area contributed by atoms with Gasteiger partial charge >= 0.3 is 0 Å². The van der Waals surface area contributed by atoms with E-state index in [0.717, 1.165) is 55.6 Å². The van der Waals surface area contributed by atoms with Gasteiger partial charge in [-0.05, 0) is 44.4 Å². The average molecular weight is 342 g/mol. The first-order chi connectivity index (χ1) is 12.2. The molecule has 2 saturated heterocycles. The highest BCUT2D eigenvalue weighted by molar-refractivity contribution is 5.87. The Hall–Kier alpha value is -1.92. The minimum atomic E-state index is -0.397. The van der Waals surface area contributed by atoms with Crippen molar-refractivity contribution in [2.75, 3.05) is 26.2 Å². The monoisotopic (exact) mass is 342 g/mol. The Morgan fingerprint density at radius 2 is 1.96 bits per heavy atom. The summed E-state index contributed by atoms with van der Waals surface area (Å²) in [4.78, 5) is 22.1. The number of benzene rings is 1. The molecule has 0 saturated carbocycles. The molecule has 2 aliphatic rings. The molecule has 1 spiro atoms. The van der Waals surface area contributed by atoms with E-state index in [-0.39, 0.29) is 12.5 Å². The number of aryl methyl sites for hydroxylation is 1. The summed E-state index contributed by atoms with van der Waals surface area (Å²) >= 11 is 0. The predicted molar refractivity (Wildman–Crippen MR) is 96.0 cm³/mol. The molecular weight excluding hydrogens is 316 g/mol. The lowest BCUT2D eigenvalue weighted by Gasteiger charge is -2.44. The summed E-state index contributed by atoms with van der Waals surface area (Å²) in [7, 11) is 2.05. The van der Waals surface area contributed by atoms with Crippen molar-refractivity contribution in [3.8, 4) is 0 Å². The summed E-state index contributed by atoms with van der Waals surface area (Å²) in [6.45, 7) is 2.88. The second-order valence-electron chi connectivity index (χ2n) is 7.25. The van der Waals surface area contributed by atoms with E-state index in [1.807, 2.05) is 30.1 Å². The van der Waals surface area contributed by atoms with E-state index in [4.69, 9.17) is 4.98 Å². The van der Waals surface area contributed by atoms with Crippen molar-refractivity contribution >= 4 is 16.9 Å². The van der Waals surface area contributed by atoms with Crippen LogP contribution in [0.15, 0.2) is 24.3 Å². The number of amides is 1. The number of piperidine rings is 1. The van der Waals surface area contributed by atoms with Gasteiger partial charge in [-0.3, -0.25) is 9.69 Å². The van der Waals surface area contributed by atoms with Gasteiger partial charge in [0.25, 0.3) is 0 Å². The lowest BCUT2D eigenvalue weighted by molar-refractivity contribution is -0.148. The third-order valence-corrected chi connectivity index (χ3v) is 5.91. The molecule has 3 heterocycles. The number of rotatable bonds is 4. The third-order valence-electron chi connectivity index (χ3n) is 5.91. The van der Waals surface area contributed by atoms with Crippen LogP contribution < -0.4 is 0 Å². The fourth-order valence-electron chi connectivity index (χ4n) is 4.60. The normalized spacial score (nSPS) is 24.7. The molecule has 2 aromatic rings. The minimum Gasteiger partial charge on any atom is -0.395 e. The summed E-state index contributed by atoms with van der Waals surface area (Å²) < 4.78 is 2.14. The van der Waals surface area contributed by atoms with Crippen LogP contribution in [0.3, 0.4) is 0 Å². The lowest BCUT2D eigenvalue weighted by atomic mass is 9.85. The largest absolute Gasteiger partial charge is 0.395 e. The van der Waals surface area contributed by atoms with Crippen LogP contribution in [0.2, 0.25) is 0 Å². The van der Waals surface area contributed by atoms with Crippen LogP contribution in [0.1, 0.15) is 31.5 Å². The topological polar surface area (TPSA) is 61.6 Å². The Labute approximate surface area is 148 Å². The van der Waals surface area contributed by atoms with Crippen LogP contribution in [0.4, 0.5) is 0 Å². The van der Waals surface area contributed by atoms with Gasteiger partial charge in [-0.1, -0.05) is 12.1 Å². The first kappa shape index (κ1) is 16.5. The van der Waals surface area contributed by atoms with Gasteiger partial charge in [-0.2, -0.15) is 0 Å². The van der Waals surface area contributed by atoms with Crippen molar-refractivity contribution < 1.29 is 9.90 Å². The van der Waals surface area contributed by atoms with Gasteiger partial charge in [0.15, 0.2) is 0 Å². The Morgan fingerprint density at radius 3 is 2.72 bits per heavy atom. The molecule has 4 rings (SSSR count). The summed E-state index contributed by atoms with van der Waals surface area (Å²) in [6.07, 6.45) is 3.88. The van der Waals surface area contributed by atoms with E-state index >= 15 is 0 Å². The zero-order valence-corrected chi connectivity index (χ0v) is 14.8. The van der Waals surface area contributed by atoms with E-state index in [0.29, 0.717) is 13.1 Å². The SMILES string of the molecule is Cn1c(CN2CCCC23CCCN(CCO)C3=O)nc2ccccc21. The fraction of sp³-hybridized carbons (Fsp3) is 0.579. The highest BCUT2D eigenvalue weighted by atomic mass is 16.3. The van der Waals surface area contributed by atoms with Crippen LogP contribution in [-0.2, 0) is 18.4 Å². The Bertz CT molecular complexity index is 785. The van der Waals surface area contributed by atoms with Crippen LogP contribution in [0.25, 0.3) is 11.0 Å². The van der Waals surface area contributed by atoms with Crippen LogP contribution >= 0.6 is 0 Å². The molecule has 1 amide bonds. The number of aliphatic hydroxyl groups is 1. The Morgan fingerprint density at radius 1 is 1.20 bits per heavy atom. The number of carbonyl (C=O) groups is 1. The Kier molecular flexibility index (Phi) is 4.25. The van der Waals surface area contributed by atoms with Crippen molar-refractivity contribution in [3.05, 3.63) is 30.1 Å². The number of fused-ring (bicyclic) bond motifs is 1. The van der Waals surface area contributed by atoms with Crippen molar-refractivity contribution in [1.82, 2.24) is 19.4 Å². The first-order valence-electron chi connectivity index (χ1n) is 9.21. The highest BCUT2D eigenvalue weighted by Gasteiger charge is 2.50. The minimum absolute atomic E-state index is 0.0343. The average Bonchev–Trinajstić information content (AvgIpc) is 3.16. The fourth-order valence-corrected chi connectivity index (χ4v) is 4.60. The zero-order valence-electron chi connectivity index (χ0n) is 14.8. The highest BCUT2D eigenvalue weighted by Crippen LogP contribution is 2.39. The molecule has 6 nitrogen and oxygen atoms in total. The Balaban J connectivity index is 1.62. The van der Waals surface area contributed by atoms with Gasteiger partial charge in [0.2, 0.25) is 5.91 Å². The van der Waals surface area contributed by atoms with Crippen LogP contribution in [0.5, 0.6) is 0 Å². The first-order valence-corrected chi connectivity index (χ1v) is 9.21. The molecule has 1 aromatic carbocycles. The molecule has 2 aliphatic heterocycles. The molecular formula is C19H26N4O2. The molecule has 1 unspecified atom stereocenters. The zero-order chi connectivity index (χ0) is 17.4. The predicted octanol–water partition coefficient (Wildman–Crippen LogP) is 1.52. The maximum Gasteiger partial charge on any atom is 0.243 e. The molecule has 0 radical (unpaired) electrons. The van der Waals surface area contributed by atoms with Crippen molar-refractivity contribution in [2.45, 2.75) is 37.8 Å². The number of imidazole rings is 1. The second kappa shape index (κ2) is 6.42. The maximum atomic E-state index is 13.1. The van der Waals surface area contributed by atoms with Crippen LogP contribution in [0, 0.1) is 0 Å². The smallest absolute Gasteiger partial charge is 0.243 e. The molecule has 1 atom stereocenters. The summed E-state index contributed by atoms with van der Waals surface area (Å²) in [5, 5.41) is 9.26. The quantitative estimate of drug-likeness (QED) is 0.915. The number of hydrogen-bond donors (Lipinski definition) is 1. The van der Waals surface area contributed by atoms with Crippen molar-refractivity contribution in [1.29, 1.82) is 0 Å². The molecule has 6 heteroatoms. The van der Waals surface area contributed by atoms with E-state index in [1.54, 1.807) is 0 Å². The number of likely N-dealkylation sites (tertiary alicyclic amines) is 2. The number of aliphatic hydroxyl groups excluding tert-OH is 1. The molecule has 25 heavy (non-hydrogen) atoms. The number of para-hydroxylation sites is 2. The molecule has 134 valence electrons. The van der Waals surface area contributed by atoms with E-state index in [9.17, 15) is 9.90 Å². The van der Waals surface area contributed by atoms with Gasteiger partial charge in [0.05, 0.1) is 24.2 Å². The van der Waals surface area contributed by atoms with Gasteiger partial charge in [-0.15, -0.1) is 0 Å².